The zero-order valence-corrected chi connectivity index (χ0v) is 18.0. The van der Waals surface area contributed by atoms with E-state index in [0.29, 0.717) is 11.7 Å². The SMILES string of the molecule is Cc1ccc(C(C)C)c(OCC(=O)Oc2ccccc2-c2nc3ccccc3s2)c1. The fourth-order valence-corrected chi connectivity index (χ4v) is 4.25. The van der Waals surface area contributed by atoms with E-state index in [2.05, 4.69) is 24.9 Å². The highest BCUT2D eigenvalue weighted by atomic mass is 32.1. The highest BCUT2D eigenvalue weighted by Crippen LogP contribution is 2.35. The molecule has 0 bridgehead atoms. The largest absolute Gasteiger partial charge is 0.482 e. The molecule has 0 unspecified atom stereocenters. The molecule has 3 aromatic carbocycles. The zero-order chi connectivity index (χ0) is 21.1. The summed E-state index contributed by atoms with van der Waals surface area (Å²) < 4.78 is 12.6. The summed E-state index contributed by atoms with van der Waals surface area (Å²) in [5, 5.41) is 0.821. The van der Waals surface area contributed by atoms with Gasteiger partial charge in [0, 0.05) is 0 Å². The molecule has 0 radical (unpaired) electrons. The molecule has 5 heteroatoms. The number of nitrogens with zero attached hydrogens (tertiary/aromatic N) is 1. The Hall–Kier alpha value is -3.18. The number of carbonyl (C=O) groups is 1. The van der Waals surface area contributed by atoms with Gasteiger partial charge >= 0.3 is 5.97 Å². The first kappa shape index (κ1) is 20.1. The van der Waals surface area contributed by atoms with Crippen molar-refractivity contribution >= 4 is 27.5 Å². The molecule has 30 heavy (non-hydrogen) atoms. The molecule has 0 spiro atoms. The second kappa shape index (κ2) is 8.67. The quantitative estimate of drug-likeness (QED) is 0.270. The molecule has 0 N–H and O–H groups in total. The molecule has 0 aliphatic rings. The molecule has 152 valence electrons. The van der Waals surface area contributed by atoms with Gasteiger partial charge in [-0.05, 0) is 54.3 Å². The van der Waals surface area contributed by atoms with E-state index < -0.39 is 5.97 Å². The van der Waals surface area contributed by atoms with Gasteiger partial charge in [-0.25, -0.2) is 9.78 Å². The van der Waals surface area contributed by atoms with Gasteiger partial charge in [0.15, 0.2) is 6.61 Å². The van der Waals surface area contributed by atoms with Crippen LogP contribution in [0.2, 0.25) is 0 Å². The van der Waals surface area contributed by atoms with Gasteiger partial charge in [-0.15, -0.1) is 11.3 Å². The average Bonchev–Trinajstić information content (AvgIpc) is 3.16. The van der Waals surface area contributed by atoms with E-state index in [0.717, 1.165) is 37.7 Å². The lowest BCUT2D eigenvalue weighted by molar-refractivity contribution is -0.136. The van der Waals surface area contributed by atoms with Crippen molar-refractivity contribution in [3.05, 3.63) is 77.9 Å². The van der Waals surface area contributed by atoms with Crippen molar-refractivity contribution in [3.63, 3.8) is 0 Å². The lowest BCUT2D eigenvalue weighted by Crippen LogP contribution is -2.18. The Morgan fingerprint density at radius 1 is 1.00 bits per heavy atom. The lowest BCUT2D eigenvalue weighted by atomic mass is 10.0. The van der Waals surface area contributed by atoms with Crippen LogP contribution in [0.3, 0.4) is 0 Å². The number of aromatic nitrogens is 1. The summed E-state index contributed by atoms with van der Waals surface area (Å²) in [6.45, 7) is 6.05. The molecular formula is C25H23NO3S. The minimum Gasteiger partial charge on any atom is -0.482 e. The smallest absolute Gasteiger partial charge is 0.349 e. The second-order valence-electron chi connectivity index (χ2n) is 7.44. The molecule has 0 saturated carbocycles. The van der Waals surface area contributed by atoms with E-state index in [9.17, 15) is 4.79 Å². The minimum absolute atomic E-state index is 0.155. The maximum atomic E-state index is 12.5. The summed E-state index contributed by atoms with van der Waals surface area (Å²) in [5.74, 6) is 1.07. The standard InChI is InChI=1S/C25H23NO3S/c1-16(2)18-13-12-17(3)14-22(18)28-15-24(27)29-21-10-6-4-8-19(21)25-26-20-9-5-7-11-23(20)30-25/h4-14,16H,15H2,1-3H3. The number of ether oxygens (including phenoxy) is 2. The van der Waals surface area contributed by atoms with Crippen LogP contribution in [0.4, 0.5) is 0 Å². The Kier molecular flexibility index (Phi) is 5.81. The van der Waals surface area contributed by atoms with Crippen LogP contribution in [0, 0.1) is 6.92 Å². The molecule has 0 saturated heterocycles. The summed E-state index contributed by atoms with van der Waals surface area (Å²) in [6, 6.07) is 21.5. The summed E-state index contributed by atoms with van der Waals surface area (Å²) in [4.78, 5) is 17.2. The van der Waals surface area contributed by atoms with Crippen molar-refractivity contribution < 1.29 is 14.3 Å². The summed E-state index contributed by atoms with van der Waals surface area (Å²) >= 11 is 1.57. The number of rotatable bonds is 6. The van der Waals surface area contributed by atoms with Crippen LogP contribution in [0.25, 0.3) is 20.8 Å². The Bertz CT molecular complexity index is 1160. The second-order valence-corrected chi connectivity index (χ2v) is 8.47. The van der Waals surface area contributed by atoms with E-state index in [4.69, 9.17) is 9.47 Å². The molecule has 4 rings (SSSR count). The van der Waals surface area contributed by atoms with E-state index in [1.807, 2.05) is 61.5 Å². The van der Waals surface area contributed by atoms with Crippen LogP contribution in [-0.2, 0) is 4.79 Å². The first-order valence-electron chi connectivity index (χ1n) is 9.90. The van der Waals surface area contributed by atoms with Crippen molar-refractivity contribution in [2.24, 2.45) is 0 Å². The fraction of sp³-hybridized carbons (Fsp3) is 0.200. The van der Waals surface area contributed by atoms with Gasteiger partial charge in [-0.3, -0.25) is 0 Å². The molecule has 0 aliphatic heterocycles. The molecule has 1 heterocycles. The molecule has 0 fully saturated rings. The van der Waals surface area contributed by atoms with Crippen LogP contribution in [-0.4, -0.2) is 17.6 Å². The number of benzene rings is 3. The Morgan fingerprint density at radius 3 is 2.57 bits per heavy atom. The van der Waals surface area contributed by atoms with Crippen molar-refractivity contribution in [2.45, 2.75) is 26.7 Å². The van der Waals surface area contributed by atoms with Gasteiger partial charge in [-0.2, -0.15) is 0 Å². The fourth-order valence-electron chi connectivity index (χ4n) is 3.25. The van der Waals surface area contributed by atoms with Gasteiger partial charge in [0.2, 0.25) is 0 Å². The topological polar surface area (TPSA) is 48.4 Å². The molecule has 0 atom stereocenters. The van der Waals surface area contributed by atoms with Crippen LogP contribution < -0.4 is 9.47 Å². The van der Waals surface area contributed by atoms with Crippen molar-refractivity contribution in [1.82, 2.24) is 4.98 Å². The van der Waals surface area contributed by atoms with E-state index in [1.54, 1.807) is 17.4 Å². The molecule has 0 aliphatic carbocycles. The third-order valence-electron chi connectivity index (χ3n) is 4.77. The number of aryl methyl sites for hydroxylation is 1. The maximum Gasteiger partial charge on any atom is 0.349 e. The molecular weight excluding hydrogens is 394 g/mol. The highest BCUT2D eigenvalue weighted by molar-refractivity contribution is 7.21. The van der Waals surface area contributed by atoms with Gasteiger partial charge < -0.3 is 9.47 Å². The van der Waals surface area contributed by atoms with Gasteiger partial charge in [0.1, 0.15) is 16.5 Å². The van der Waals surface area contributed by atoms with Gasteiger partial charge in [-0.1, -0.05) is 50.2 Å². The summed E-state index contributed by atoms with van der Waals surface area (Å²) in [7, 11) is 0. The number of esters is 1. The number of fused-ring (bicyclic) bond motifs is 1. The Labute approximate surface area is 180 Å². The van der Waals surface area contributed by atoms with Crippen LogP contribution in [0.1, 0.15) is 30.9 Å². The molecule has 1 aromatic heterocycles. The molecule has 4 aromatic rings. The first-order chi connectivity index (χ1) is 14.5. The third kappa shape index (κ3) is 4.36. The number of para-hydroxylation sites is 2. The molecule has 0 amide bonds. The number of hydrogen-bond donors (Lipinski definition) is 0. The number of hydrogen-bond acceptors (Lipinski definition) is 5. The average molecular weight is 418 g/mol. The lowest BCUT2D eigenvalue weighted by Gasteiger charge is -2.15. The zero-order valence-electron chi connectivity index (χ0n) is 17.2. The number of carbonyl (C=O) groups excluding carboxylic acids is 1. The van der Waals surface area contributed by atoms with Crippen molar-refractivity contribution in [1.29, 1.82) is 0 Å². The molecule has 4 nitrogen and oxygen atoms in total. The normalized spacial score (nSPS) is 11.1. The maximum absolute atomic E-state index is 12.5. The van der Waals surface area contributed by atoms with Gasteiger partial charge in [0.05, 0.1) is 15.8 Å². The third-order valence-corrected chi connectivity index (χ3v) is 5.84. The number of thiazole rings is 1. The van der Waals surface area contributed by atoms with E-state index >= 15 is 0 Å². The first-order valence-corrected chi connectivity index (χ1v) is 10.7. The van der Waals surface area contributed by atoms with Crippen LogP contribution in [0.15, 0.2) is 66.7 Å². The van der Waals surface area contributed by atoms with E-state index in [1.165, 1.54) is 0 Å². The van der Waals surface area contributed by atoms with Crippen LogP contribution >= 0.6 is 11.3 Å². The van der Waals surface area contributed by atoms with Crippen molar-refractivity contribution in [3.8, 4) is 22.1 Å². The van der Waals surface area contributed by atoms with Crippen LogP contribution in [0.5, 0.6) is 11.5 Å². The van der Waals surface area contributed by atoms with Crippen molar-refractivity contribution in [2.75, 3.05) is 6.61 Å². The predicted molar refractivity (Wildman–Crippen MR) is 121 cm³/mol. The Balaban J connectivity index is 1.52. The summed E-state index contributed by atoms with van der Waals surface area (Å²) in [5.41, 5.74) is 3.89. The van der Waals surface area contributed by atoms with Gasteiger partial charge in [0.25, 0.3) is 0 Å². The Morgan fingerprint density at radius 2 is 1.77 bits per heavy atom. The monoisotopic (exact) mass is 417 g/mol. The highest BCUT2D eigenvalue weighted by Gasteiger charge is 2.16. The summed E-state index contributed by atoms with van der Waals surface area (Å²) in [6.07, 6.45) is 0. The minimum atomic E-state index is -0.445. The van der Waals surface area contributed by atoms with E-state index in [-0.39, 0.29) is 6.61 Å². The predicted octanol–water partition coefficient (Wildman–Crippen LogP) is 6.38.